The van der Waals surface area contributed by atoms with Crippen LogP contribution in [-0.4, -0.2) is 58.5 Å². The zero-order valence-corrected chi connectivity index (χ0v) is 14.4. The predicted molar refractivity (Wildman–Crippen MR) is 94.3 cm³/mol. The Morgan fingerprint density at radius 2 is 1.96 bits per heavy atom. The van der Waals surface area contributed by atoms with Crippen LogP contribution in [0.4, 0.5) is 0 Å². The van der Waals surface area contributed by atoms with Crippen molar-refractivity contribution in [3.05, 3.63) is 47.0 Å². The molecule has 2 atom stereocenters. The fraction of sp³-hybridized carbons (Fsp3) is 0.500. The van der Waals surface area contributed by atoms with Crippen molar-refractivity contribution in [1.82, 2.24) is 9.80 Å². The fourth-order valence-corrected chi connectivity index (χ4v) is 4.20. The van der Waals surface area contributed by atoms with Gasteiger partial charge in [-0.2, -0.15) is 0 Å². The van der Waals surface area contributed by atoms with Crippen LogP contribution in [0.25, 0.3) is 0 Å². The third-order valence-corrected chi connectivity index (χ3v) is 5.54. The number of carbonyl (C=O) groups excluding carboxylic acids is 2. The summed E-state index contributed by atoms with van der Waals surface area (Å²) in [6.07, 6.45) is 7.83. The van der Waals surface area contributed by atoms with E-state index in [9.17, 15) is 14.7 Å². The van der Waals surface area contributed by atoms with Crippen molar-refractivity contribution in [3.8, 4) is 0 Å². The van der Waals surface area contributed by atoms with Gasteiger partial charge >= 0.3 is 0 Å². The number of hydrogen-bond donors (Lipinski definition) is 1. The average Bonchev–Trinajstić information content (AvgIpc) is 3.26. The highest BCUT2D eigenvalue weighted by Crippen LogP contribution is 2.27. The van der Waals surface area contributed by atoms with E-state index < -0.39 is 12.1 Å². The summed E-state index contributed by atoms with van der Waals surface area (Å²) < 4.78 is 0. The molecule has 1 aromatic carbocycles. The number of likely N-dealkylation sites (tertiary alicyclic amines) is 1. The molecular weight excluding hydrogens is 316 g/mol. The van der Waals surface area contributed by atoms with Gasteiger partial charge in [-0.3, -0.25) is 9.59 Å². The summed E-state index contributed by atoms with van der Waals surface area (Å²) in [6.45, 7) is 1.51. The maximum absolute atomic E-state index is 13.0. The van der Waals surface area contributed by atoms with Crippen LogP contribution in [0.2, 0.25) is 0 Å². The van der Waals surface area contributed by atoms with Crippen molar-refractivity contribution < 1.29 is 14.7 Å². The zero-order valence-electron chi connectivity index (χ0n) is 14.4. The molecule has 2 aliphatic heterocycles. The van der Waals surface area contributed by atoms with Crippen LogP contribution < -0.4 is 0 Å². The Balaban J connectivity index is 1.55. The van der Waals surface area contributed by atoms with Crippen molar-refractivity contribution in [2.45, 2.75) is 44.2 Å². The number of amides is 2. The number of nitrogens with zero attached hydrogens (tertiary/aromatic N) is 2. The summed E-state index contributed by atoms with van der Waals surface area (Å²) in [5.74, 6) is -0.187. The highest BCUT2D eigenvalue weighted by Gasteiger charge is 2.41. The highest BCUT2D eigenvalue weighted by molar-refractivity contribution is 5.98. The molecule has 2 amide bonds. The van der Waals surface area contributed by atoms with Gasteiger partial charge in [0.1, 0.15) is 6.04 Å². The second-order valence-electron chi connectivity index (χ2n) is 7.24. The minimum Gasteiger partial charge on any atom is -0.391 e. The van der Waals surface area contributed by atoms with Gasteiger partial charge in [0, 0.05) is 31.6 Å². The number of benzene rings is 1. The molecule has 1 saturated heterocycles. The van der Waals surface area contributed by atoms with Gasteiger partial charge < -0.3 is 14.9 Å². The van der Waals surface area contributed by atoms with Gasteiger partial charge in [0.15, 0.2) is 0 Å². The maximum Gasteiger partial charge on any atom is 0.254 e. The molecule has 3 aliphatic rings. The zero-order chi connectivity index (χ0) is 17.4. The van der Waals surface area contributed by atoms with Crippen molar-refractivity contribution in [2.75, 3.05) is 19.6 Å². The van der Waals surface area contributed by atoms with Crippen LogP contribution in [-0.2, 0) is 17.6 Å². The lowest BCUT2D eigenvalue weighted by molar-refractivity contribution is -0.135. The lowest BCUT2D eigenvalue weighted by Crippen LogP contribution is -2.48. The number of aliphatic hydroxyl groups excluding tert-OH is 1. The van der Waals surface area contributed by atoms with Gasteiger partial charge in [-0.1, -0.05) is 18.2 Å². The molecule has 2 heterocycles. The third-order valence-electron chi connectivity index (χ3n) is 5.54. The van der Waals surface area contributed by atoms with Gasteiger partial charge in [0.05, 0.1) is 6.10 Å². The van der Waals surface area contributed by atoms with Crippen molar-refractivity contribution >= 4 is 11.8 Å². The van der Waals surface area contributed by atoms with E-state index >= 15 is 0 Å². The van der Waals surface area contributed by atoms with E-state index in [2.05, 4.69) is 6.08 Å². The molecule has 0 bridgehead atoms. The molecule has 132 valence electrons. The van der Waals surface area contributed by atoms with Crippen molar-refractivity contribution in [1.29, 1.82) is 0 Å². The Bertz CT molecular complexity index is 728. The minimum absolute atomic E-state index is 0.0459. The molecule has 0 radical (unpaired) electrons. The maximum atomic E-state index is 13.0. The molecule has 5 heteroatoms. The highest BCUT2D eigenvalue weighted by atomic mass is 16.3. The van der Waals surface area contributed by atoms with Gasteiger partial charge in [-0.05, 0) is 48.9 Å². The predicted octanol–water partition coefficient (Wildman–Crippen LogP) is 1.54. The van der Waals surface area contributed by atoms with Crippen LogP contribution in [0.5, 0.6) is 0 Å². The summed E-state index contributed by atoms with van der Waals surface area (Å²) in [5, 5.41) is 10.1. The monoisotopic (exact) mass is 340 g/mol. The summed E-state index contributed by atoms with van der Waals surface area (Å²) >= 11 is 0. The number of rotatable bonds is 2. The molecule has 1 fully saturated rings. The molecule has 5 nitrogen and oxygen atoms in total. The third kappa shape index (κ3) is 3.09. The molecule has 25 heavy (non-hydrogen) atoms. The van der Waals surface area contributed by atoms with E-state index in [1.54, 1.807) is 9.80 Å². The minimum atomic E-state index is -0.632. The molecule has 2 unspecified atom stereocenters. The van der Waals surface area contributed by atoms with E-state index in [-0.39, 0.29) is 18.4 Å². The topological polar surface area (TPSA) is 60.9 Å². The fourth-order valence-electron chi connectivity index (χ4n) is 4.20. The first-order chi connectivity index (χ1) is 12.1. The van der Waals surface area contributed by atoms with E-state index in [0.717, 1.165) is 25.7 Å². The Labute approximate surface area is 147 Å². The molecular formula is C20H24N2O3. The van der Waals surface area contributed by atoms with E-state index in [1.165, 1.54) is 11.1 Å². The molecule has 0 spiro atoms. The molecule has 1 aliphatic carbocycles. The number of aliphatic hydroxyl groups is 1. The number of hydrogen-bond acceptors (Lipinski definition) is 3. The Kier molecular flexibility index (Phi) is 4.34. The SMILES string of the molecule is O=C(C1CC(O)CN1C(=O)c1ccc2c(c1)CCC2)N1CC=CCC1. The number of aryl methyl sites for hydroxylation is 2. The summed E-state index contributed by atoms with van der Waals surface area (Å²) in [6, 6.07) is 5.32. The Morgan fingerprint density at radius 3 is 2.76 bits per heavy atom. The molecule has 0 aromatic heterocycles. The van der Waals surface area contributed by atoms with Crippen LogP contribution in [0.15, 0.2) is 30.4 Å². The second kappa shape index (κ2) is 6.64. The van der Waals surface area contributed by atoms with Crippen LogP contribution in [0.3, 0.4) is 0 Å². The largest absolute Gasteiger partial charge is 0.391 e. The standard InChI is InChI=1S/C20H24N2O3/c23-17-12-18(20(25)21-9-2-1-3-10-21)22(13-17)19(24)16-8-7-14-5-4-6-15(14)11-16/h1-2,7-8,11,17-18,23H,3-6,9-10,12-13H2. The van der Waals surface area contributed by atoms with E-state index in [4.69, 9.17) is 0 Å². The van der Waals surface area contributed by atoms with E-state index in [1.807, 2.05) is 24.3 Å². The Morgan fingerprint density at radius 1 is 1.12 bits per heavy atom. The second-order valence-corrected chi connectivity index (χ2v) is 7.24. The van der Waals surface area contributed by atoms with Crippen LogP contribution in [0, 0.1) is 0 Å². The molecule has 4 rings (SSSR count). The first kappa shape index (κ1) is 16.3. The van der Waals surface area contributed by atoms with Crippen LogP contribution in [0.1, 0.15) is 40.7 Å². The summed E-state index contributed by atoms with van der Waals surface area (Å²) in [4.78, 5) is 29.2. The smallest absolute Gasteiger partial charge is 0.254 e. The first-order valence-electron chi connectivity index (χ1n) is 9.18. The average molecular weight is 340 g/mol. The Hall–Kier alpha value is -2.14. The molecule has 1 aromatic rings. The van der Waals surface area contributed by atoms with E-state index in [0.29, 0.717) is 25.1 Å². The lowest BCUT2D eigenvalue weighted by Gasteiger charge is -2.30. The number of β-amino-alcohol motifs (C(OH)–C–C–N with tert-alkyl or cyclic N) is 1. The van der Waals surface area contributed by atoms with Gasteiger partial charge in [0.2, 0.25) is 5.91 Å². The number of carbonyl (C=O) groups is 2. The number of fused-ring (bicyclic) bond motifs is 1. The van der Waals surface area contributed by atoms with Crippen LogP contribution >= 0.6 is 0 Å². The summed E-state index contributed by atoms with van der Waals surface area (Å²) in [7, 11) is 0. The van der Waals surface area contributed by atoms with Crippen molar-refractivity contribution in [3.63, 3.8) is 0 Å². The lowest BCUT2D eigenvalue weighted by atomic mass is 10.0. The molecule has 1 N–H and O–H groups in total. The van der Waals surface area contributed by atoms with Gasteiger partial charge in [0.25, 0.3) is 5.91 Å². The first-order valence-corrected chi connectivity index (χ1v) is 9.18. The normalized spacial score (nSPS) is 25.3. The van der Waals surface area contributed by atoms with Gasteiger partial charge in [-0.15, -0.1) is 0 Å². The van der Waals surface area contributed by atoms with Gasteiger partial charge in [-0.25, -0.2) is 0 Å². The quantitative estimate of drug-likeness (QED) is 0.831. The summed E-state index contributed by atoms with van der Waals surface area (Å²) in [5.41, 5.74) is 3.20. The van der Waals surface area contributed by atoms with Crippen molar-refractivity contribution in [2.24, 2.45) is 0 Å². The molecule has 0 saturated carbocycles.